The second-order valence-electron chi connectivity index (χ2n) is 3.13. The van der Waals surface area contributed by atoms with Gasteiger partial charge in [0, 0.05) is 6.92 Å². The topological polar surface area (TPSA) is 89.9 Å². The highest BCUT2D eigenvalue weighted by atomic mass is 32.2. The lowest BCUT2D eigenvalue weighted by Crippen LogP contribution is -2.09. The molecule has 0 spiro atoms. The maximum Gasteiger partial charge on any atom is 0.302 e. The Labute approximate surface area is 98.9 Å². The lowest BCUT2D eigenvalue weighted by molar-refractivity contribution is -0.141. The van der Waals surface area contributed by atoms with E-state index in [2.05, 4.69) is 4.74 Å². The summed E-state index contributed by atoms with van der Waals surface area (Å²) in [7, 11) is -4.18. The van der Waals surface area contributed by atoms with E-state index in [-0.39, 0.29) is 18.1 Å². The third-order valence-corrected chi connectivity index (χ3v) is 2.65. The number of carbonyl (C=O) groups is 1. The summed E-state index contributed by atoms with van der Waals surface area (Å²) in [6, 6.07) is 5.24. The van der Waals surface area contributed by atoms with Crippen LogP contribution in [0.2, 0.25) is 0 Å². The molecule has 0 heterocycles. The van der Waals surface area contributed by atoms with Crippen LogP contribution >= 0.6 is 0 Å². The smallest absolute Gasteiger partial charge is 0.302 e. The van der Waals surface area contributed by atoms with Crippen molar-refractivity contribution in [2.45, 2.75) is 11.8 Å². The van der Waals surface area contributed by atoms with Crippen molar-refractivity contribution in [1.29, 1.82) is 0 Å². The second-order valence-corrected chi connectivity index (χ2v) is 4.56. The number of esters is 1. The Hall–Kier alpha value is -1.60. The monoisotopic (exact) mass is 260 g/mol. The summed E-state index contributed by atoms with van der Waals surface area (Å²) in [6.45, 7) is 1.58. The first-order chi connectivity index (χ1) is 7.89. The molecule has 6 nitrogen and oxygen atoms in total. The Morgan fingerprint density at radius 3 is 2.29 bits per heavy atom. The minimum atomic E-state index is -4.18. The fraction of sp³-hybridized carbons (Fsp3) is 0.300. The van der Waals surface area contributed by atoms with Gasteiger partial charge in [0.1, 0.15) is 19.0 Å². The second kappa shape index (κ2) is 5.65. The first-order valence-electron chi connectivity index (χ1n) is 4.73. The van der Waals surface area contributed by atoms with Gasteiger partial charge in [-0.25, -0.2) is 0 Å². The predicted molar refractivity (Wildman–Crippen MR) is 58.4 cm³/mol. The molecule has 0 fully saturated rings. The minimum absolute atomic E-state index is 0.120. The lowest BCUT2D eigenvalue weighted by atomic mass is 10.3. The van der Waals surface area contributed by atoms with E-state index in [4.69, 9.17) is 9.29 Å². The van der Waals surface area contributed by atoms with E-state index < -0.39 is 16.1 Å². The highest BCUT2D eigenvalue weighted by Gasteiger charge is 2.08. The molecule has 1 rings (SSSR count). The summed E-state index contributed by atoms with van der Waals surface area (Å²) in [6.07, 6.45) is 0. The van der Waals surface area contributed by atoms with Crippen LogP contribution in [0.3, 0.4) is 0 Å². The largest absolute Gasteiger partial charge is 0.490 e. The van der Waals surface area contributed by atoms with E-state index in [1.807, 2.05) is 0 Å². The van der Waals surface area contributed by atoms with Gasteiger partial charge in [-0.1, -0.05) is 0 Å². The number of benzene rings is 1. The van der Waals surface area contributed by atoms with Crippen molar-refractivity contribution < 1.29 is 27.2 Å². The maximum atomic E-state index is 10.7. The molecule has 0 unspecified atom stereocenters. The van der Waals surface area contributed by atoms with Crippen LogP contribution in [-0.4, -0.2) is 32.2 Å². The predicted octanol–water partition coefficient (Wildman–Crippen LogP) is 0.875. The fourth-order valence-electron chi connectivity index (χ4n) is 1.05. The molecule has 0 saturated carbocycles. The van der Waals surface area contributed by atoms with Crippen LogP contribution in [0.4, 0.5) is 0 Å². The first-order valence-corrected chi connectivity index (χ1v) is 6.17. The Kier molecular flexibility index (Phi) is 4.47. The molecule has 0 radical (unpaired) electrons. The van der Waals surface area contributed by atoms with Crippen molar-refractivity contribution in [3.63, 3.8) is 0 Å². The van der Waals surface area contributed by atoms with Crippen molar-refractivity contribution in [1.82, 2.24) is 0 Å². The van der Waals surface area contributed by atoms with Gasteiger partial charge in [0.05, 0.1) is 4.90 Å². The SMILES string of the molecule is CC(=O)OCCOc1ccc(S(=O)(=O)O)cc1. The zero-order valence-corrected chi connectivity index (χ0v) is 9.94. The Balaban J connectivity index is 2.49. The standard InChI is InChI=1S/C10H12O6S/c1-8(11)15-6-7-16-9-2-4-10(5-3-9)17(12,13)14/h2-5H,6-7H2,1H3,(H,12,13,14). The quantitative estimate of drug-likeness (QED) is 0.480. The van der Waals surface area contributed by atoms with Gasteiger partial charge in [-0.3, -0.25) is 9.35 Å². The van der Waals surface area contributed by atoms with Gasteiger partial charge in [-0.05, 0) is 24.3 Å². The summed E-state index contributed by atoms with van der Waals surface area (Å²) in [5.74, 6) is 0.0277. The van der Waals surface area contributed by atoms with E-state index in [9.17, 15) is 13.2 Å². The third-order valence-electron chi connectivity index (χ3n) is 1.78. The number of hydrogen-bond donors (Lipinski definition) is 1. The first kappa shape index (κ1) is 13.5. The van der Waals surface area contributed by atoms with Crippen LogP contribution in [0.25, 0.3) is 0 Å². The van der Waals surface area contributed by atoms with Crippen LogP contribution in [0.1, 0.15) is 6.92 Å². The molecule has 17 heavy (non-hydrogen) atoms. The summed E-state index contributed by atoms with van der Waals surface area (Å²) in [5, 5.41) is 0. The zero-order valence-electron chi connectivity index (χ0n) is 9.12. The van der Waals surface area contributed by atoms with E-state index in [0.717, 1.165) is 0 Å². The summed E-state index contributed by atoms with van der Waals surface area (Å²) in [4.78, 5) is 10.2. The van der Waals surface area contributed by atoms with E-state index >= 15 is 0 Å². The molecule has 0 aliphatic heterocycles. The van der Waals surface area contributed by atoms with Gasteiger partial charge in [0.15, 0.2) is 0 Å². The summed E-state index contributed by atoms with van der Waals surface area (Å²) >= 11 is 0. The maximum absolute atomic E-state index is 10.7. The van der Waals surface area contributed by atoms with Crippen LogP contribution in [0.15, 0.2) is 29.2 Å². The van der Waals surface area contributed by atoms with Gasteiger partial charge in [-0.15, -0.1) is 0 Å². The number of carbonyl (C=O) groups excluding carboxylic acids is 1. The molecule has 0 saturated heterocycles. The molecule has 0 aliphatic rings. The van der Waals surface area contributed by atoms with Crippen LogP contribution in [-0.2, 0) is 19.6 Å². The molecule has 7 heteroatoms. The molecule has 0 atom stereocenters. The highest BCUT2D eigenvalue weighted by molar-refractivity contribution is 7.85. The molecule has 0 aromatic heterocycles. The lowest BCUT2D eigenvalue weighted by Gasteiger charge is -2.06. The van der Waals surface area contributed by atoms with Gasteiger partial charge in [-0.2, -0.15) is 8.42 Å². The molecular formula is C10H12O6S. The molecule has 94 valence electrons. The van der Waals surface area contributed by atoms with Crippen LogP contribution in [0.5, 0.6) is 5.75 Å². The molecule has 1 aromatic rings. The number of hydrogen-bond acceptors (Lipinski definition) is 5. The number of rotatable bonds is 5. The average molecular weight is 260 g/mol. The van der Waals surface area contributed by atoms with Crippen molar-refractivity contribution in [3.05, 3.63) is 24.3 Å². The molecule has 1 aromatic carbocycles. The highest BCUT2D eigenvalue weighted by Crippen LogP contribution is 2.15. The Morgan fingerprint density at radius 1 is 1.24 bits per heavy atom. The van der Waals surface area contributed by atoms with Gasteiger partial charge in [0.2, 0.25) is 0 Å². The fourth-order valence-corrected chi connectivity index (χ4v) is 1.53. The average Bonchev–Trinajstić information content (AvgIpc) is 2.23. The summed E-state index contributed by atoms with van der Waals surface area (Å²) < 4.78 is 40.0. The zero-order chi connectivity index (χ0) is 12.9. The molecular weight excluding hydrogens is 248 g/mol. The normalized spacial score (nSPS) is 10.9. The van der Waals surface area contributed by atoms with Crippen molar-refractivity contribution in [3.8, 4) is 5.75 Å². The third kappa shape index (κ3) is 4.83. The molecule has 0 aliphatic carbocycles. The Bertz CT molecular complexity index is 476. The van der Waals surface area contributed by atoms with Crippen molar-refractivity contribution in [2.75, 3.05) is 13.2 Å². The molecule has 0 bridgehead atoms. The minimum Gasteiger partial charge on any atom is -0.490 e. The van der Waals surface area contributed by atoms with Crippen LogP contribution < -0.4 is 4.74 Å². The molecule has 0 amide bonds. The van der Waals surface area contributed by atoms with Crippen LogP contribution in [0, 0.1) is 0 Å². The summed E-state index contributed by atoms with van der Waals surface area (Å²) in [5.41, 5.74) is 0. The van der Waals surface area contributed by atoms with Crippen molar-refractivity contribution in [2.24, 2.45) is 0 Å². The van der Waals surface area contributed by atoms with Gasteiger partial charge in [0.25, 0.3) is 10.1 Å². The van der Waals surface area contributed by atoms with E-state index in [1.165, 1.54) is 31.2 Å². The van der Waals surface area contributed by atoms with Gasteiger partial charge >= 0.3 is 5.97 Å². The van der Waals surface area contributed by atoms with Crippen molar-refractivity contribution >= 4 is 16.1 Å². The van der Waals surface area contributed by atoms with Gasteiger partial charge < -0.3 is 9.47 Å². The van der Waals surface area contributed by atoms with E-state index in [0.29, 0.717) is 5.75 Å². The molecule has 1 N–H and O–H groups in total. The Morgan fingerprint density at radius 2 is 1.82 bits per heavy atom. The van der Waals surface area contributed by atoms with E-state index in [1.54, 1.807) is 0 Å². The number of ether oxygens (including phenoxy) is 2.